The van der Waals surface area contributed by atoms with Crippen molar-refractivity contribution in [3.05, 3.63) is 18.4 Å². The molecule has 6 nitrogen and oxygen atoms in total. The summed E-state index contributed by atoms with van der Waals surface area (Å²) >= 11 is 0. The van der Waals surface area contributed by atoms with Crippen molar-refractivity contribution in [1.82, 2.24) is 25.5 Å². The average molecular weight is 221 g/mol. The van der Waals surface area contributed by atoms with Gasteiger partial charge in [-0.05, 0) is 36.9 Å². The third-order valence-electron chi connectivity index (χ3n) is 2.16. The molecular weight excluding hydrogens is 206 g/mol. The van der Waals surface area contributed by atoms with E-state index in [1.165, 1.54) is 0 Å². The zero-order chi connectivity index (χ0) is 11.2. The number of nitrogens with one attached hydrogen (secondary N) is 1. The molecule has 0 spiro atoms. The van der Waals surface area contributed by atoms with Crippen LogP contribution < -0.4 is 5.32 Å². The first-order valence-electron chi connectivity index (χ1n) is 5.42. The normalized spacial score (nSPS) is 10.8. The third-order valence-corrected chi connectivity index (χ3v) is 2.16. The van der Waals surface area contributed by atoms with E-state index in [0.717, 1.165) is 26.1 Å². The van der Waals surface area contributed by atoms with Crippen LogP contribution in [-0.2, 0) is 6.54 Å². The molecule has 6 heteroatoms. The smallest absolute Gasteiger partial charge is 0.240 e. The summed E-state index contributed by atoms with van der Waals surface area (Å²) in [6.07, 6.45) is 2.59. The van der Waals surface area contributed by atoms with E-state index < -0.39 is 0 Å². The highest BCUT2D eigenvalue weighted by Gasteiger charge is 2.07. The molecule has 0 fully saturated rings. The molecule has 0 saturated heterocycles. The highest BCUT2D eigenvalue weighted by Crippen LogP contribution is 2.12. The molecule has 2 heterocycles. The lowest BCUT2D eigenvalue weighted by atomic mass is 10.4. The van der Waals surface area contributed by atoms with Gasteiger partial charge in [-0.25, -0.2) is 0 Å². The van der Waals surface area contributed by atoms with E-state index in [2.05, 4.69) is 27.7 Å². The molecule has 0 radical (unpaired) electrons. The number of rotatable bonds is 6. The van der Waals surface area contributed by atoms with Crippen molar-refractivity contribution in [3.8, 4) is 11.6 Å². The SMILES string of the molecule is CCNCCCn1nnc(-c2ccco2)n1. The van der Waals surface area contributed by atoms with Crippen LogP contribution in [-0.4, -0.2) is 33.3 Å². The molecule has 1 N–H and O–H groups in total. The predicted octanol–water partition coefficient (Wildman–Crippen LogP) is 0.933. The summed E-state index contributed by atoms with van der Waals surface area (Å²) in [6.45, 7) is 4.81. The topological polar surface area (TPSA) is 68.8 Å². The third kappa shape index (κ3) is 2.66. The van der Waals surface area contributed by atoms with Gasteiger partial charge in [0.2, 0.25) is 5.82 Å². The van der Waals surface area contributed by atoms with Gasteiger partial charge in [0, 0.05) is 0 Å². The number of furan rings is 1. The standard InChI is InChI=1S/C10H15N5O/c1-2-11-6-4-7-15-13-10(12-14-15)9-5-3-8-16-9/h3,5,8,11H,2,4,6-7H2,1H3. The van der Waals surface area contributed by atoms with Crippen molar-refractivity contribution >= 4 is 0 Å². The van der Waals surface area contributed by atoms with Crippen LogP contribution in [0.5, 0.6) is 0 Å². The van der Waals surface area contributed by atoms with E-state index in [4.69, 9.17) is 4.42 Å². The summed E-state index contributed by atoms with van der Waals surface area (Å²) < 4.78 is 5.19. The molecule has 86 valence electrons. The van der Waals surface area contributed by atoms with Gasteiger partial charge in [0.25, 0.3) is 0 Å². The monoisotopic (exact) mass is 221 g/mol. The van der Waals surface area contributed by atoms with Crippen molar-refractivity contribution in [3.63, 3.8) is 0 Å². The number of aromatic nitrogens is 4. The summed E-state index contributed by atoms with van der Waals surface area (Å²) in [5.41, 5.74) is 0. The Labute approximate surface area is 93.6 Å². The molecule has 0 bridgehead atoms. The lowest BCUT2D eigenvalue weighted by Crippen LogP contribution is -2.16. The van der Waals surface area contributed by atoms with Gasteiger partial charge in [0.05, 0.1) is 12.8 Å². The number of tetrazole rings is 1. The van der Waals surface area contributed by atoms with E-state index in [1.54, 1.807) is 17.1 Å². The van der Waals surface area contributed by atoms with Crippen LogP contribution in [0, 0.1) is 0 Å². The summed E-state index contributed by atoms with van der Waals surface area (Å²) in [7, 11) is 0. The van der Waals surface area contributed by atoms with E-state index in [1.807, 2.05) is 6.07 Å². The maximum atomic E-state index is 5.19. The molecule has 0 aliphatic heterocycles. The molecule has 0 aliphatic rings. The highest BCUT2D eigenvalue weighted by atomic mass is 16.3. The van der Waals surface area contributed by atoms with Gasteiger partial charge < -0.3 is 9.73 Å². The summed E-state index contributed by atoms with van der Waals surface area (Å²) in [5.74, 6) is 1.19. The Morgan fingerprint density at radius 3 is 3.19 bits per heavy atom. The number of hydrogen-bond donors (Lipinski definition) is 1. The Kier molecular flexibility index (Phi) is 3.66. The molecule has 2 aromatic heterocycles. The minimum atomic E-state index is 0.536. The minimum absolute atomic E-state index is 0.536. The predicted molar refractivity (Wildman–Crippen MR) is 58.7 cm³/mol. The molecule has 16 heavy (non-hydrogen) atoms. The van der Waals surface area contributed by atoms with Gasteiger partial charge in [0.15, 0.2) is 5.76 Å². The van der Waals surface area contributed by atoms with Gasteiger partial charge in [-0.1, -0.05) is 6.92 Å². The van der Waals surface area contributed by atoms with Gasteiger partial charge in [-0.2, -0.15) is 4.80 Å². The fourth-order valence-electron chi connectivity index (χ4n) is 1.36. The summed E-state index contributed by atoms with van der Waals surface area (Å²) in [4.78, 5) is 1.59. The number of aryl methyl sites for hydroxylation is 1. The van der Waals surface area contributed by atoms with Crippen LogP contribution in [0.2, 0.25) is 0 Å². The molecule has 0 atom stereocenters. The Balaban J connectivity index is 1.88. The lowest BCUT2D eigenvalue weighted by molar-refractivity contribution is 0.486. The van der Waals surface area contributed by atoms with Crippen molar-refractivity contribution in [2.45, 2.75) is 19.9 Å². The lowest BCUT2D eigenvalue weighted by Gasteiger charge is -1.99. The largest absolute Gasteiger partial charge is 0.461 e. The Morgan fingerprint density at radius 1 is 1.50 bits per heavy atom. The zero-order valence-electron chi connectivity index (χ0n) is 9.26. The van der Waals surface area contributed by atoms with Crippen LogP contribution in [0.3, 0.4) is 0 Å². The first-order valence-corrected chi connectivity index (χ1v) is 5.42. The molecule has 0 aliphatic carbocycles. The van der Waals surface area contributed by atoms with E-state index in [0.29, 0.717) is 11.6 Å². The van der Waals surface area contributed by atoms with Crippen molar-refractivity contribution < 1.29 is 4.42 Å². The molecule has 0 aromatic carbocycles. The van der Waals surface area contributed by atoms with Gasteiger partial charge in [-0.3, -0.25) is 0 Å². The van der Waals surface area contributed by atoms with Crippen LogP contribution in [0.15, 0.2) is 22.8 Å². The minimum Gasteiger partial charge on any atom is -0.461 e. The van der Waals surface area contributed by atoms with Gasteiger partial charge in [0.1, 0.15) is 0 Å². The van der Waals surface area contributed by atoms with E-state index in [9.17, 15) is 0 Å². The Hall–Kier alpha value is -1.69. The maximum absolute atomic E-state index is 5.19. The van der Waals surface area contributed by atoms with Crippen molar-refractivity contribution in [1.29, 1.82) is 0 Å². The fourth-order valence-corrected chi connectivity index (χ4v) is 1.36. The van der Waals surface area contributed by atoms with Crippen LogP contribution in [0.4, 0.5) is 0 Å². The van der Waals surface area contributed by atoms with Crippen molar-refractivity contribution in [2.75, 3.05) is 13.1 Å². The first-order chi connectivity index (χ1) is 7.90. The van der Waals surface area contributed by atoms with E-state index in [-0.39, 0.29) is 0 Å². The molecule has 2 aromatic rings. The molecule has 2 rings (SSSR count). The second kappa shape index (κ2) is 5.41. The maximum Gasteiger partial charge on any atom is 0.240 e. The number of hydrogen-bond acceptors (Lipinski definition) is 5. The second-order valence-corrected chi connectivity index (χ2v) is 3.39. The summed E-state index contributed by atoms with van der Waals surface area (Å²) in [6, 6.07) is 3.63. The fraction of sp³-hybridized carbons (Fsp3) is 0.500. The Bertz CT molecular complexity index is 409. The highest BCUT2D eigenvalue weighted by molar-refractivity contribution is 5.43. The van der Waals surface area contributed by atoms with Gasteiger partial charge >= 0.3 is 0 Å². The molecule has 0 amide bonds. The van der Waals surface area contributed by atoms with Crippen LogP contribution in [0.25, 0.3) is 11.6 Å². The average Bonchev–Trinajstić information content (AvgIpc) is 2.94. The van der Waals surface area contributed by atoms with Crippen molar-refractivity contribution in [2.24, 2.45) is 0 Å². The quantitative estimate of drug-likeness (QED) is 0.735. The molecule has 0 saturated carbocycles. The zero-order valence-corrected chi connectivity index (χ0v) is 9.26. The van der Waals surface area contributed by atoms with Crippen LogP contribution in [0.1, 0.15) is 13.3 Å². The second-order valence-electron chi connectivity index (χ2n) is 3.39. The molecule has 0 unspecified atom stereocenters. The number of nitrogens with zero attached hydrogens (tertiary/aromatic N) is 4. The van der Waals surface area contributed by atoms with Gasteiger partial charge in [-0.15, -0.1) is 10.2 Å². The summed E-state index contributed by atoms with van der Waals surface area (Å²) in [5, 5.41) is 15.4. The first kappa shape index (κ1) is 10.8. The molecular formula is C10H15N5O. The van der Waals surface area contributed by atoms with Crippen LogP contribution >= 0.6 is 0 Å². The van der Waals surface area contributed by atoms with E-state index >= 15 is 0 Å². The Morgan fingerprint density at radius 2 is 2.44 bits per heavy atom.